The molecular formula is C16H21N5OS. The lowest BCUT2D eigenvalue weighted by Gasteiger charge is -2.11. The molecule has 6 nitrogen and oxygen atoms in total. The fourth-order valence-corrected chi connectivity index (χ4v) is 2.58. The van der Waals surface area contributed by atoms with Gasteiger partial charge in [0.15, 0.2) is 5.96 Å². The number of carbonyl (C=O) groups is 1. The zero-order valence-corrected chi connectivity index (χ0v) is 14.1. The summed E-state index contributed by atoms with van der Waals surface area (Å²) < 4.78 is 0. The van der Waals surface area contributed by atoms with Crippen LogP contribution in [0, 0.1) is 6.92 Å². The Balaban J connectivity index is 1.69. The number of hydrogen-bond acceptors (Lipinski definition) is 4. The van der Waals surface area contributed by atoms with Crippen LogP contribution < -0.4 is 16.0 Å². The molecule has 0 aliphatic carbocycles. The minimum atomic E-state index is -0.0797. The molecule has 0 fully saturated rings. The fourth-order valence-electron chi connectivity index (χ4n) is 1.91. The Kier molecular flexibility index (Phi) is 6.56. The van der Waals surface area contributed by atoms with Gasteiger partial charge < -0.3 is 16.0 Å². The standard InChI is InChI=1S/C16H21N5OS/c1-12-4-3-5-14(20-12)21-15(22)6-8-18-16(17-2)19-10-13-7-9-23-11-13/h3-5,7,9,11H,6,8,10H2,1-2H3,(H2,17,18,19)(H,20,21,22). The molecule has 0 aliphatic rings. The molecule has 0 saturated carbocycles. The first-order valence-corrected chi connectivity index (χ1v) is 8.31. The molecule has 2 rings (SSSR count). The zero-order valence-electron chi connectivity index (χ0n) is 13.3. The number of nitrogens with zero attached hydrogens (tertiary/aromatic N) is 2. The van der Waals surface area contributed by atoms with Crippen molar-refractivity contribution >= 4 is 29.0 Å². The minimum Gasteiger partial charge on any atom is -0.356 e. The quantitative estimate of drug-likeness (QED) is 0.560. The maximum atomic E-state index is 11.9. The smallest absolute Gasteiger partial charge is 0.227 e. The molecule has 23 heavy (non-hydrogen) atoms. The lowest BCUT2D eigenvalue weighted by atomic mass is 10.3. The molecule has 2 heterocycles. The number of aromatic nitrogens is 1. The van der Waals surface area contributed by atoms with E-state index in [9.17, 15) is 4.79 Å². The summed E-state index contributed by atoms with van der Waals surface area (Å²) in [5.74, 6) is 1.18. The van der Waals surface area contributed by atoms with Crippen LogP contribution in [0.1, 0.15) is 17.7 Å². The van der Waals surface area contributed by atoms with Gasteiger partial charge in [-0.1, -0.05) is 6.07 Å². The van der Waals surface area contributed by atoms with E-state index in [0.717, 1.165) is 5.69 Å². The van der Waals surface area contributed by atoms with Gasteiger partial charge in [-0.15, -0.1) is 0 Å². The molecule has 0 bridgehead atoms. The molecule has 2 aromatic rings. The Morgan fingerprint density at radius 3 is 2.87 bits per heavy atom. The highest BCUT2D eigenvalue weighted by atomic mass is 32.1. The predicted molar refractivity (Wildman–Crippen MR) is 94.7 cm³/mol. The molecule has 2 aromatic heterocycles. The van der Waals surface area contributed by atoms with E-state index in [-0.39, 0.29) is 5.91 Å². The van der Waals surface area contributed by atoms with Crippen LogP contribution in [-0.2, 0) is 11.3 Å². The fraction of sp³-hybridized carbons (Fsp3) is 0.312. The molecule has 3 N–H and O–H groups in total. The SMILES string of the molecule is CN=C(NCCC(=O)Nc1cccc(C)n1)NCc1ccsc1. The number of nitrogens with one attached hydrogen (secondary N) is 3. The van der Waals surface area contributed by atoms with Crippen LogP contribution in [0.25, 0.3) is 0 Å². The van der Waals surface area contributed by atoms with Gasteiger partial charge >= 0.3 is 0 Å². The molecule has 0 spiro atoms. The van der Waals surface area contributed by atoms with Gasteiger partial charge in [-0.25, -0.2) is 4.98 Å². The summed E-state index contributed by atoms with van der Waals surface area (Å²) in [6, 6.07) is 7.60. The summed E-state index contributed by atoms with van der Waals surface area (Å²) in [5.41, 5.74) is 2.08. The normalized spacial score (nSPS) is 11.1. The molecule has 0 aromatic carbocycles. The average molecular weight is 331 g/mol. The third-order valence-electron chi connectivity index (χ3n) is 3.06. The second kappa shape index (κ2) is 8.89. The van der Waals surface area contributed by atoms with Crippen molar-refractivity contribution in [3.8, 4) is 0 Å². The topological polar surface area (TPSA) is 78.4 Å². The molecule has 0 aliphatic heterocycles. The lowest BCUT2D eigenvalue weighted by molar-refractivity contribution is -0.116. The van der Waals surface area contributed by atoms with E-state index in [1.165, 1.54) is 5.56 Å². The summed E-state index contributed by atoms with van der Waals surface area (Å²) in [5, 5.41) is 13.2. The first-order valence-electron chi connectivity index (χ1n) is 7.36. The number of guanidine groups is 1. The molecule has 122 valence electrons. The molecular weight excluding hydrogens is 310 g/mol. The van der Waals surface area contributed by atoms with Crippen molar-refractivity contribution < 1.29 is 4.79 Å². The Bertz CT molecular complexity index is 654. The van der Waals surface area contributed by atoms with Gasteiger partial charge in [0.05, 0.1) is 0 Å². The Morgan fingerprint density at radius 1 is 1.30 bits per heavy atom. The Morgan fingerprint density at radius 2 is 2.17 bits per heavy atom. The van der Waals surface area contributed by atoms with Gasteiger partial charge in [0.25, 0.3) is 0 Å². The van der Waals surface area contributed by atoms with Gasteiger partial charge in [-0.05, 0) is 41.4 Å². The van der Waals surface area contributed by atoms with Crippen LogP contribution in [0.4, 0.5) is 5.82 Å². The number of amides is 1. The third-order valence-corrected chi connectivity index (χ3v) is 3.80. The van der Waals surface area contributed by atoms with E-state index in [0.29, 0.717) is 31.3 Å². The van der Waals surface area contributed by atoms with Gasteiger partial charge in [0.2, 0.25) is 5.91 Å². The van der Waals surface area contributed by atoms with Crippen molar-refractivity contribution in [3.63, 3.8) is 0 Å². The summed E-state index contributed by atoms with van der Waals surface area (Å²) in [6.07, 6.45) is 0.342. The van der Waals surface area contributed by atoms with Gasteiger partial charge in [-0.2, -0.15) is 11.3 Å². The van der Waals surface area contributed by atoms with E-state index in [4.69, 9.17) is 0 Å². The predicted octanol–water partition coefficient (Wildman–Crippen LogP) is 2.15. The number of aliphatic imine (C=N–C) groups is 1. The van der Waals surface area contributed by atoms with E-state index in [1.807, 2.05) is 24.4 Å². The number of thiophene rings is 1. The number of hydrogen-bond donors (Lipinski definition) is 3. The maximum Gasteiger partial charge on any atom is 0.227 e. The largest absolute Gasteiger partial charge is 0.356 e. The third kappa shape index (κ3) is 6.07. The van der Waals surface area contributed by atoms with Crippen LogP contribution in [-0.4, -0.2) is 30.4 Å². The van der Waals surface area contributed by atoms with Crippen molar-refractivity contribution in [2.75, 3.05) is 18.9 Å². The summed E-state index contributed by atoms with van der Waals surface area (Å²) >= 11 is 1.66. The van der Waals surface area contributed by atoms with Crippen LogP contribution in [0.15, 0.2) is 40.0 Å². The van der Waals surface area contributed by atoms with Crippen molar-refractivity contribution in [1.29, 1.82) is 0 Å². The minimum absolute atomic E-state index is 0.0797. The van der Waals surface area contributed by atoms with E-state index in [1.54, 1.807) is 24.5 Å². The Hall–Kier alpha value is -2.41. The molecule has 0 atom stereocenters. The number of anilines is 1. The lowest BCUT2D eigenvalue weighted by Crippen LogP contribution is -2.38. The summed E-state index contributed by atoms with van der Waals surface area (Å²) in [7, 11) is 1.71. The monoisotopic (exact) mass is 331 g/mol. The highest BCUT2D eigenvalue weighted by Crippen LogP contribution is 2.05. The summed E-state index contributed by atoms with van der Waals surface area (Å²) in [6.45, 7) is 3.10. The van der Waals surface area contributed by atoms with Crippen molar-refractivity contribution in [2.24, 2.45) is 4.99 Å². The van der Waals surface area contributed by atoms with E-state index < -0.39 is 0 Å². The maximum absolute atomic E-state index is 11.9. The van der Waals surface area contributed by atoms with Crippen LogP contribution in [0.3, 0.4) is 0 Å². The number of rotatable bonds is 6. The first kappa shape index (κ1) is 17.0. The Labute approximate surface area is 140 Å². The number of pyridine rings is 1. The average Bonchev–Trinajstić information content (AvgIpc) is 3.04. The number of aryl methyl sites for hydroxylation is 1. The molecule has 0 unspecified atom stereocenters. The van der Waals surface area contributed by atoms with Gasteiger partial charge in [0, 0.05) is 32.3 Å². The van der Waals surface area contributed by atoms with Gasteiger partial charge in [0.1, 0.15) is 5.82 Å². The zero-order chi connectivity index (χ0) is 16.5. The summed E-state index contributed by atoms with van der Waals surface area (Å²) in [4.78, 5) is 20.3. The first-order chi connectivity index (χ1) is 11.2. The van der Waals surface area contributed by atoms with E-state index >= 15 is 0 Å². The molecule has 0 saturated heterocycles. The van der Waals surface area contributed by atoms with Crippen LogP contribution >= 0.6 is 11.3 Å². The number of carbonyl (C=O) groups excluding carboxylic acids is 1. The van der Waals surface area contributed by atoms with Crippen molar-refractivity contribution in [2.45, 2.75) is 19.9 Å². The van der Waals surface area contributed by atoms with Crippen LogP contribution in [0.5, 0.6) is 0 Å². The van der Waals surface area contributed by atoms with Crippen LogP contribution in [0.2, 0.25) is 0 Å². The molecule has 0 radical (unpaired) electrons. The molecule has 7 heteroatoms. The van der Waals surface area contributed by atoms with Crippen molar-refractivity contribution in [1.82, 2.24) is 15.6 Å². The second-order valence-corrected chi connectivity index (χ2v) is 5.73. The second-order valence-electron chi connectivity index (χ2n) is 4.95. The molecule has 1 amide bonds. The highest BCUT2D eigenvalue weighted by molar-refractivity contribution is 7.07. The van der Waals surface area contributed by atoms with Crippen molar-refractivity contribution in [3.05, 3.63) is 46.3 Å². The van der Waals surface area contributed by atoms with Gasteiger partial charge in [-0.3, -0.25) is 9.79 Å². The van der Waals surface area contributed by atoms with E-state index in [2.05, 4.69) is 37.4 Å². The highest BCUT2D eigenvalue weighted by Gasteiger charge is 2.04.